The minimum atomic E-state index is -0.189. The number of hydrogen-bond donors (Lipinski definition) is 1. The van der Waals surface area contributed by atoms with Crippen molar-refractivity contribution in [2.24, 2.45) is 0 Å². The Kier molecular flexibility index (Phi) is 4.23. The highest BCUT2D eigenvalue weighted by Gasteiger charge is 2.13. The lowest BCUT2D eigenvalue weighted by atomic mass is 9.96. The monoisotopic (exact) mass is 250 g/mol. The molecule has 0 aliphatic heterocycles. The predicted molar refractivity (Wildman–Crippen MR) is 68.9 cm³/mol. The Morgan fingerprint density at radius 2 is 2.12 bits per heavy atom. The molecule has 2 aromatic rings. The third-order valence-corrected chi connectivity index (χ3v) is 3.50. The van der Waals surface area contributed by atoms with Gasteiger partial charge in [-0.1, -0.05) is 12.1 Å². The summed E-state index contributed by atoms with van der Waals surface area (Å²) in [7, 11) is 1.93. The summed E-state index contributed by atoms with van der Waals surface area (Å²) in [5, 5.41) is 6.28. The Balaban J connectivity index is 2.13. The minimum Gasteiger partial charge on any atom is -0.319 e. The number of halogens is 1. The molecule has 0 radical (unpaired) electrons. The number of benzene rings is 1. The lowest BCUT2D eigenvalue weighted by Crippen LogP contribution is -2.19. The average Bonchev–Trinajstić information content (AvgIpc) is 2.82. The first kappa shape index (κ1) is 12.2. The topological polar surface area (TPSA) is 24.9 Å². The lowest BCUT2D eigenvalue weighted by molar-refractivity contribution is 0.610. The van der Waals surface area contributed by atoms with Crippen LogP contribution in [0.1, 0.15) is 16.5 Å². The van der Waals surface area contributed by atoms with Gasteiger partial charge < -0.3 is 5.32 Å². The van der Waals surface area contributed by atoms with E-state index in [1.54, 1.807) is 11.3 Å². The first-order valence-corrected chi connectivity index (χ1v) is 6.46. The molecule has 0 aliphatic rings. The van der Waals surface area contributed by atoms with E-state index in [-0.39, 0.29) is 5.82 Å². The number of likely N-dealkylation sites (N-methyl/N-ethyl adjacent to an activating group) is 1. The van der Waals surface area contributed by atoms with Gasteiger partial charge in [0.2, 0.25) is 0 Å². The molecular weight excluding hydrogens is 235 g/mol. The molecule has 0 saturated heterocycles. The van der Waals surface area contributed by atoms with Gasteiger partial charge in [0, 0.05) is 30.5 Å². The molecule has 1 unspecified atom stereocenters. The van der Waals surface area contributed by atoms with Crippen molar-refractivity contribution in [1.82, 2.24) is 10.3 Å². The highest BCUT2D eigenvalue weighted by molar-refractivity contribution is 7.09. The maximum absolute atomic E-state index is 12.9. The average molecular weight is 250 g/mol. The fourth-order valence-electron chi connectivity index (χ4n) is 1.85. The van der Waals surface area contributed by atoms with Gasteiger partial charge in [-0.25, -0.2) is 9.37 Å². The lowest BCUT2D eigenvalue weighted by Gasteiger charge is -2.15. The van der Waals surface area contributed by atoms with Crippen LogP contribution in [0.15, 0.2) is 35.8 Å². The van der Waals surface area contributed by atoms with Gasteiger partial charge in [-0.3, -0.25) is 0 Å². The van der Waals surface area contributed by atoms with Crippen LogP contribution in [0, 0.1) is 5.82 Å². The van der Waals surface area contributed by atoms with Gasteiger partial charge in [-0.2, -0.15) is 0 Å². The van der Waals surface area contributed by atoms with Crippen molar-refractivity contribution in [2.75, 3.05) is 13.6 Å². The summed E-state index contributed by atoms with van der Waals surface area (Å²) in [5.74, 6) is 0.151. The Morgan fingerprint density at radius 3 is 2.71 bits per heavy atom. The van der Waals surface area contributed by atoms with Gasteiger partial charge >= 0.3 is 0 Å². The van der Waals surface area contributed by atoms with Crippen LogP contribution in [0.5, 0.6) is 0 Å². The maximum Gasteiger partial charge on any atom is 0.123 e. The highest BCUT2D eigenvalue weighted by Crippen LogP contribution is 2.21. The molecule has 0 bridgehead atoms. The summed E-state index contributed by atoms with van der Waals surface area (Å²) in [5.41, 5.74) is 1.15. The van der Waals surface area contributed by atoms with Crippen LogP contribution in [0.3, 0.4) is 0 Å². The van der Waals surface area contributed by atoms with E-state index in [9.17, 15) is 4.39 Å². The molecule has 90 valence electrons. The third kappa shape index (κ3) is 3.35. The smallest absolute Gasteiger partial charge is 0.123 e. The zero-order chi connectivity index (χ0) is 12.1. The second-order valence-electron chi connectivity index (χ2n) is 3.94. The summed E-state index contributed by atoms with van der Waals surface area (Å²) in [6.45, 7) is 0.866. The van der Waals surface area contributed by atoms with E-state index < -0.39 is 0 Å². The molecule has 1 aromatic heterocycles. The van der Waals surface area contributed by atoms with Crippen LogP contribution < -0.4 is 5.32 Å². The van der Waals surface area contributed by atoms with Gasteiger partial charge in [0.25, 0.3) is 0 Å². The van der Waals surface area contributed by atoms with Crippen LogP contribution in [0.25, 0.3) is 0 Å². The molecule has 4 heteroatoms. The van der Waals surface area contributed by atoms with Gasteiger partial charge in [-0.05, 0) is 24.7 Å². The first-order valence-electron chi connectivity index (χ1n) is 5.58. The van der Waals surface area contributed by atoms with Crippen LogP contribution in [-0.2, 0) is 6.42 Å². The number of rotatable bonds is 5. The second-order valence-corrected chi connectivity index (χ2v) is 4.92. The number of hydrogen-bond acceptors (Lipinski definition) is 3. The molecule has 1 N–H and O–H groups in total. The van der Waals surface area contributed by atoms with E-state index in [0.717, 1.165) is 23.5 Å². The van der Waals surface area contributed by atoms with E-state index in [1.807, 2.05) is 30.8 Å². The Labute approximate surface area is 105 Å². The van der Waals surface area contributed by atoms with Crippen molar-refractivity contribution in [2.45, 2.75) is 12.3 Å². The molecule has 1 heterocycles. The fourth-order valence-corrected chi connectivity index (χ4v) is 2.55. The molecule has 0 aliphatic carbocycles. The minimum absolute atomic E-state index is 0.189. The molecule has 0 fully saturated rings. The summed E-state index contributed by atoms with van der Waals surface area (Å²) >= 11 is 1.66. The standard InChI is InChI=1S/C13H15FN2S/c1-15-9-11(8-13-16-6-7-17-13)10-2-4-12(14)5-3-10/h2-7,11,15H,8-9H2,1H3. The highest BCUT2D eigenvalue weighted by atomic mass is 32.1. The van der Waals surface area contributed by atoms with Crippen LogP contribution in [-0.4, -0.2) is 18.6 Å². The molecular formula is C13H15FN2S. The summed E-state index contributed by atoms with van der Waals surface area (Å²) in [4.78, 5) is 4.30. The summed E-state index contributed by atoms with van der Waals surface area (Å²) in [6, 6.07) is 6.73. The maximum atomic E-state index is 12.9. The number of aromatic nitrogens is 1. The van der Waals surface area contributed by atoms with Gasteiger partial charge in [0.1, 0.15) is 5.82 Å². The number of thiazole rings is 1. The van der Waals surface area contributed by atoms with E-state index in [2.05, 4.69) is 10.3 Å². The van der Waals surface area contributed by atoms with E-state index >= 15 is 0 Å². The first-order chi connectivity index (χ1) is 8.29. The summed E-state index contributed by atoms with van der Waals surface area (Å²) in [6.07, 6.45) is 2.71. The second kappa shape index (κ2) is 5.89. The zero-order valence-corrected chi connectivity index (χ0v) is 10.5. The molecule has 1 atom stereocenters. The Morgan fingerprint density at radius 1 is 1.35 bits per heavy atom. The quantitative estimate of drug-likeness (QED) is 0.882. The van der Waals surface area contributed by atoms with Crippen molar-refractivity contribution in [3.8, 4) is 0 Å². The van der Waals surface area contributed by atoms with Gasteiger partial charge in [0.05, 0.1) is 5.01 Å². The van der Waals surface area contributed by atoms with Gasteiger partial charge in [0.15, 0.2) is 0 Å². The zero-order valence-electron chi connectivity index (χ0n) is 9.69. The fraction of sp³-hybridized carbons (Fsp3) is 0.308. The molecule has 0 saturated carbocycles. The van der Waals surface area contributed by atoms with Crippen molar-refractivity contribution >= 4 is 11.3 Å². The largest absolute Gasteiger partial charge is 0.319 e. The Hall–Kier alpha value is -1.26. The van der Waals surface area contributed by atoms with Crippen molar-refractivity contribution in [3.63, 3.8) is 0 Å². The van der Waals surface area contributed by atoms with Crippen molar-refractivity contribution in [3.05, 3.63) is 52.2 Å². The normalized spacial score (nSPS) is 12.6. The van der Waals surface area contributed by atoms with Crippen LogP contribution in [0.2, 0.25) is 0 Å². The molecule has 2 rings (SSSR count). The molecule has 2 nitrogen and oxygen atoms in total. The van der Waals surface area contributed by atoms with Crippen LogP contribution >= 0.6 is 11.3 Å². The van der Waals surface area contributed by atoms with Gasteiger partial charge in [-0.15, -0.1) is 11.3 Å². The number of nitrogens with zero attached hydrogens (tertiary/aromatic N) is 1. The summed E-state index contributed by atoms with van der Waals surface area (Å²) < 4.78 is 12.9. The van der Waals surface area contributed by atoms with Crippen LogP contribution in [0.4, 0.5) is 4.39 Å². The molecule has 0 spiro atoms. The molecule has 17 heavy (non-hydrogen) atoms. The number of nitrogens with one attached hydrogen (secondary N) is 1. The SMILES string of the molecule is CNCC(Cc1nccs1)c1ccc(F)cc1. The third-order valence-electron chi connectivity index (χ3n) is 2.70. The van der Waals surface area contributed by atoms with E-state index in [1.165, 1.54) is 12.1 Å². The molecule has 1 aromatic carbocycles. The van der Waals surface area contributed by atoms with E-state index in [4.69, 9.17) is 0 Å². The predicted octanol–water partition coefficient (Wildman–Crippen LogP) is 2.83. The Bertz CT molecular complexity index is 439. The van der Waals surface area contributed by atoms with E-state index in [0.29, 0.717) is 5.92 Å². The van der Waals surface area contributed by atoms with Crippen molar-refractivity contribution in [1.29, 1.82) is 0 Å². The van der Waals surface area contributed by atoms with Crippen molar-refractivity contribution < 1.29 is 4.39 Å². The molecule has 0 amide bonds.